The lowest BCUT2D eigenvalue weighted by Crippen LogP contribution is -2.27. The fraction of sp³-hybridized carbons (Fsp3) is 0.444. The molecule has 0 spiro atoms. The fourth-order valence-corrected chi connectivity index (χ4v) is 2.47. The van der Waals surface area contributed by atoms with Crippen molar-refractivity contribution in [1.29, 1.82) is 0 Å². The Kier molecular flexibility index (Phi) is 4.53. The Labute approximate surface area is 145 Å². The number of fused-ring (bicyclic) bond motifs is 1. The summed E-state index contributed by atoms with van der Waals surface area (Å²) >= 11 is 0. The van der Waals surface area contributed by atoms with Gasteiger partial charge in [0.2, 0.25) is 5.88 Å². The van der Waals surface area contributed by atoms with Crippen LogP contribution in [-0.2, 0) is 14.2 Å². The molecule has 1 fully saturated rings. The van der Waals surface area contributed by atoms with Crippen molar-refractivity contribution < 1.29 is 23.4 Å². The molecular formula is C18H22N2O5. The monoisotopic (exact) mass is 346 g/mol. The van der Waals surface area contributed by atoms with Crippen LogP contribution in [0.2, 0.25) is 0 Å². The van der Waals surface area contributed by atoms with Gasteiger partial charge in [0.1, 0.15) is 17.2 Å². The van der Waals surface area contributed by atoms with Crippen molar-refractivity contribution in [2.45, 2.75) is 45.7 Å². The highest BCUT2D eigenvalue weighted by Crippen LogP contribution is 2.47. The molecule has 0 bridgehead atoms. The van der Waals surface area contributed by atoms with E-state index in [2.05, 4.69) is 16.9 Å². The van der Waals surface area contributed by atoms with Crippen LogP contribution >= 0.6 is 0 Å². The average Bonchev–Trinajstić information content (AvgIpc) is 3.17. The van der Waals surface area contributed by atoms with Crippen LogP contribution in [0.3, 0.4) is 0 Å². The number of anilines is 1. The van der Waals surface area contributed by atoms with E-state index in [-0.39, 0.29) is 18.3 Å². The smallest absolute Gasteiger partial charge is 0.414 e. The number of hydrogen-bond donors (Lipinski definition) is 1. The SMILES string of the molecule is C=Cc1cnc2c(C3OC3OCC)c(NC(=O)OC(C)(C)C)oc2c1. The summed E-state index contributed by atoms with van der Waals surface area (Å²) in [5.74, 6) is 0.255. The van der Waals surface area contributed by atoms with Gasteiger partial charge in [-0.05, 0) is 39.3 Å². The predicted octanol–water partition coefficient (Wildman–Crippen LogP) is 4.25. The summed E-state index contributed by atoms with van der Waals surface area (Å²) in [7, 11) is 0. The molecule has 7 heteroatoms. The van der Waals surface area contributed by atoms with Crippen LogP contribution in [0.1, 0.15) is 44.9 Å². The lowest BCUT2D eigenvalue weighted by molar-refractivity contribution is 0.0592. The van der Waals surface area contributed by atoms with E-state index >= 15 is 0 Å². The predicted molar refractivity (Wildman–Crippen MR) is 93.2 cm³/mol. The topological polar surface area (TPSA) is 86.1 Å². The first-order chi connectivity index (χ1) is 11.8. The van der Waals surface area contributed by atoms with E-state index in [1.165, 1.54) is 0 Å². The molecule has 0 aliphatic carbocycles. The van der Waals surface area contributed by atoms with Gasteiger partial charge in [-0.2, -0.15) is 0 Å². The minimum atomic E-state index is -0.617. The number of carbonyl (C=O) groups is 1. The molecule has 0 radical (unpaired) electrons. The van der Waals surface area contributed by atoms with E-state index in [1.54, 1.807) is 39.1 Å². The number of ether oxygens (including phenoxy) is 3. The van der Waals surface area contributed by atoms with Crippen LogP contribution in [0.15, 0.2) is 23.3 Å². The van der Waals surface area contributed by atoms with Gasteiger partial charge >= 0.3 is 6.09 Å². The summed E-state index contributed by atoms with van der Waals surface area (Å²) in [5, 5.41) is 2.65. The van der Waals surface area contributed by atoms with Gasteiger partial charge < -0.3 is 18.6 Å². The summed E-state index contributed by atoms with van der Waals surface area (Å²) in [6, 6.07) is 1.80. The van der Waals surface area contributed by atoms with Crippen LogP contribution in [0.5, 0.6) is 0 Å². The summed E-state index contributed by atoms with van der Waals surface area (Å²) in [5.41, 5.74) is 1.99. The van der Waals surface area contributed by atoms with Crippen LogP contribution < -0.4 is 5.32 Å². The maximum Gasteiger partial charge on any atom is 0.414 e. The van der Waals surface area contributed by atoms with Crippen LogP contribution in [0.4, 0.5) is 10.7 Å². The van der Waals surface area contributed by atoms with Gasteiger partial charge in [-0.25, -0.2) is 4.79 Å². The molecular weight excluding hydrogens is 324 g/mol. The quantitative estimate of drug-likeness (QED) is 0.815. The number of furan rings is 1. The number of aromatic nitrogens is 1. The summed E-state index contributed by atoms with van der Waals surface area (Å²) < 4.78 is 22.1. The number of nitrogens with zero attached hydrogens (tertiary/aromatic N) is 1. The zero-order chi connectivity index (χ0) is 18.2. The van der Waals surface area contributed by atoms with E-state index in [9.17, 15) is 4.79 Å². The van der Waals surface area contributed by atoms with E-state index in [1.807, 2.05) is 6.92 Å². The second-order valence-electron chi connectivity index (χ2n) is 6.67. The molecule has 25 heavy (non-hydrogen) atoms. The largest absolute Gasteiger partial charge is 0.444 e. The molecule has 1 aliphatic heterocycles. The molecule has 3 rings (SSSR count). The van der Waals surface area contributed by atoms with Crippen molar-refractivity contribution >= 4 is 29.2 Å². The number of hydrogen-bond acceptors (Lipinski definition) is 6. The first-order valence-corrected chi connectivity index (χ1v) is 8.14. The van der Waals surface area contributed by atoms with E-state index in [4.69, 9.17) is 18.6 Å². The van der Waals surface area contributed by atoms with Crippen molar-refractivity contribution in [2.75, 3.05) is 11.9 Å². The number of amides is 1. The Balaban J connectivity index is 1.95. The van der Waals surface area contributed by atoms with Gasteiger partial charge in [0, 0.05) is 12.8 Å². The molecule has 134 valence electrons. The third kappa shape index (κ3) is 3.83. The normalized spacial score (nSPS) is 19.7. The lowest BCUT2D eigenvalue weighted by atomic mass is 10.1. The Morgan fingerprint density at radius 1 is 1.48 bits per heavy atom. The molecule has 7 nitrogen and oxygen atoms in total. The van der Waals surface area contributed by atoms with E-state index in [0.29, 0.717) is 23.3 Å². The van der Waals surface area contributed by atoms with Gasteiger partial charge in [-0.3, -0.25) is 10.3 Å². The molecule has 1 saturated heterocycles. The number of nitrogens with one attached hydrogen (secondary N) is 1. The van der Waals surface area contributed by atoms with Crippen molar-refractivity contribution in [2.24, 2.45) is 0 Å². The number of epoxide rings is 1. The van der Waals surface area contributed by atoms with Crippen LogP contribution in [0.25, 0.3) is 17.2 Å². The summed E-state index contributed by atoms with van der Waals surface area (Å²) in [4.78, 5) is 16.5. The number of pyridine rings is 1. The minimum Gasteiger partial charge on any atom is -0.444 e. The van der Waals surface area contributed by atoms with Crippen molar-refractivity contribution in [3.8, 4) is 0 Å². The third-order valence-electron chi connectivity index (χ3n) is 3.50. The molecule has 2 aromatic heterocycles. The molecule has 1 amide bonds. The summed E-state index contributed by atoms with van der Waals surface area (Å²) in [6.07, 6.45) is 2.04. The first kappa shape index (κ1) is 17.4. The average molecular weight is 346 g/mol. The molecule has 2 atom stereocenters. The molecule has 2 aromatic rings. The van der Waals surface area contributed by atoms with E-state index < -0.39 is 11.7 Å². The summed E-state index contributed by atoms with van der Waals surface area (Å²) in [6.45, 7) is 11.5. The maximum absolute atomic E-state index is 12.1. The maximum atomic E-state index is 12.1. The van der Waals surface area contributed by atoms with Crippen molar-refractivity contribution in [1.82, 2.24) is 4.98 Å². The highest BCUT2D eigenvalue weighted by atomic mass is 16.8. The zero-order valence-electron chi connectivity index (χ0n) is 14.8. The van der Waals surface area contributed by atoms with Gasteiger partial charge in [0.25, 0.3) is 0 Å². The number of carbonyl (C=O) groups excluding carboxylic acids is 1. The molecule has 3 heterocycles. The lowest BCUT2D eigenvalue weighted by Gasteiger charge is -2.19. The van der Waals surface area contributed by atoms with Crippen molar-refractivity contribution in [3.63, 3.8) is 0 Å². The highest BCUT2D eigenvalue weighted by Gasteiger charge is 2.46. The second kappa shape index (κ2) is 6.50. The van der Waals surface area contributed by atoms with Crippen molar-refractivity contribution in [3.05, 3.63) is 30.0 Å². The third-order valence-corrected chi connectivity index (χ3v) is 3.50. The molecule has 0 saturated carbocycles. The Morgan fingerprint density at radius 2 is 2.24 bits per heavy atom. The molecule has 1 aliphatic rings. The Bertz CT molecular complexity index is 806. The Morgan fingerprint density at radius 3 is 2.88 bits per heavy atom. The highest BCUT2D eigenvalue weighted by molar-refractivity contribution is 5.91. The van der Waals surface area contributed by atoms with Crippen LogP contribution in [-0.4, -0.2) is 29.6 Å². The molecule has 1 N–H and O–H groups in total. The van der Waals surface area contributed by atoms with Gasteiger partial charge in [-0.15, -0.1) is 0 Å². The van der Waals surface area contributed by atoms with E-state index in [0.717, 1.165) is 5.56 Å². The first-order valence-electron chi connectivity index (χ1n) is 8.14. The Hall–Kier alpha value is -2.38. The van der Waals surface area contributed by atoms with Gasteiger partial charge in [0.15, 0.2) is 11.9 Å². The molecule has 0 aromatic carbocycles. The van der Waals surface area contributed by atoms with Gasteiger partial charge in [0.05, 0.1) is 5.56 Å². The zero-order valence-corrected chi connectivity index (χ0v) is 14.8. The minimum absolute atomic E-state index is 0.255. The van der Waals surface area contributed by atoms with Gasteiger partial charge in [-0.1, -0.05) is 12.7 Å². The fourth-order valence-electron chi connectivity index (χ4n) is 2.47. The number of rotatable bonds is 5. The second-order valence-corrected chi connectivity index (χ2v) is 6.67. The molecule has 2 unspecified atom stereocenters. The van der Waals surface area contributed by atoms with Crippen LogP contribution in [0, 0.1) is 0 Å². The standard InChI is InChI=1S/C18H22N2O5/c1-6-10-8-11-13(19-9-10)12(14-16(24-14)22-7-2)15(23-11)20-17(21)25-18(3,4)5/h6,8-9,14,16H,1,7H2,2-5H3,(H,20,21).